The molecule has 3 rings (SSSR count). The Morgan fingerprint density at radius 2 is 1.77 bits per heavy atom. The van der Waals surface area contributed by atoms with Gasteiger partial charge in [0, 0.05) is 44.8 Å². The van der Waals surface area contributed by atoms with Crippen molar-refractivity contribution in [3.8, 4) is 17.6 Å². The van der Waals surface area contributed by atoms with E-state index in [2.05, 4.69) is 34.9 Å². The number of aliphatic hydroxyl groups is 1. The van der Waals surface area contributed by atoms with Gasteiger partial charge in [-0.05, 0) is 30.7 Å². The van der Waals surface area contributed by atoms with E-state index in [1.807, 2.05) is 30.3 Å². The summed E-state index contributed by atoms with van der Waals surface area (Å²) in [5, 5.41) is 19.1. The molecule has 2 aromatic carbocycles. The molecule has 1 heterocycles. The Kier molecular flexibility index (Phi) is 8.09. The van der Waals surface area contributed by atoms with Crippen LogP contribution in [-0.2, 0) is 13.0 Å². The summed E-state index contributed by atoms with van der Waals surface area (Å²) in [5.41, 5.74) is 3.43. The first-order valence-electron chi connectivity index (χ1n) is 10.4. The van der Waals surface area contributed by atoms with Gasteiger partial charge in [-0.15, -0.1) is 0 Å². The minimum atomic E-state index is -0.535. The predicted octanol–water partition coefficient (Wildman–Crippen LogP) is 2.63. The maximum Gasteiger partial charge on any atom is 0.123 e. The smallest absolute Gasteiger partial charge is 0.123 e. The van der Waals surface area contributed by atoms with Crippen LogP contribution in [0, 0.1) is 18.3 Å². The second-order valence-corrected chi connectivity index (χ2v) is 7.84. The number of aliphatic hydroxyl groups excluding tert-OH is 1. The maximum absolute atomic E-state index is 10.4. The second kappa shape index (κ2) is 11.0. The van der Waals surface area contributed by atoms with E-state index in [0.717, 1.165) is 44.0 Å². The topological polar surface area (TPSA) is 69.0 Å². The Hall–Kier alpha value is -2.59. The highest BCUT2D eigenvalue weighted by Crippen LogP contribution is 2.22. The third-order valence-electron chi connectivity index (χ3n) is 5.41. The van der Waals surface area contributed by atoms with Crippen molar-refractivity contribution >= 4 is 0 Å². The molecule has 30 heavy (non-hydrogen) atoms. The molecule has 0 bridgehead atoms. The van der Waals surface area contributed by atoms with Crippen LogP contribution in [0.25, 0.3) is 0 Å². The van der Waals surface area contributed by atoms with Gasteiger partial charge in [0.1, 0.15) is 24.2 Å². The monoisotopic (exact) mass is 409 g/mol. The van der Waals surface area contributed by atoms with Gasteiger partial charge in [-0.3, -0.25) is 9.80 Å². The van der Waals surface area contributed by atoms with Crippen LogP contribution in [0.4, 0.5) is 0 Å². The Labute approximate surface area is 179 Å². The summed E-state index contributed by atoms with van der Waals surface area (Å²) in [6.45, 7) is 7.63. The summed E-state index contributed by atoms with van der Waals surface area (Å²) < 4.78 is 11.2. The molecule has 1 aliphatic rings. The number of hydrogen-bond acceptors (Lipinski definition) is 6. The molecule has 6 heteroatoms. The van der Waals surface area contributed by atoms with Crippen LogP contribution in [0.1, 0.15) is 16.7 Å². The number of ether oxygens (including phenoxy) is 2. The van der Waals surface area contributed by atoms with Gasteiger partial charge in [0.2, 0.25) is 0 Å². The van der Waals surface area contributed by atoms with Crippen molar-refractivity contribution in [2.45, 2.75) is 26.0 Å². The second-order valence-electron chi connectivity index (χ2n) is 7.84. The molecule has 160 valence electrons. The van der Waals surface area contributed by atoms with Crippen molar-refractivity contribution in [2.75, 3.05) is 46.4 Å². The number of β-amino-alcohol motifs (C(OH)–C–C–N with tert-alkyl or cyclic N) is 1. The van der Waals surface area contributed by atoms with Crippen molar-refractivity contribution in [3.05, 3.63) is 59.2 Å². The minimum Gasteiger partial charge on any atom is -0.496 e. The van der Waals surface area contributed by atoms with Crippen LogP contribution in [0.2, 0.25) is 0 Å². The van der Waals surface area contributed by atoms with E-state index >= 15 is 0 Å². The molecule has 0 spiro atoms. The number of benzene rings is 2. The van der Waals surface area contributed by atoms with Crippen LogP contribution in [0.3, 0.4) is 0 Å². The Bertz CT molecular complexity index is 840. The van der Waals surface area contributed by atoms with Gasteiger partial charge in [-0.2, -0.15) is 5.26 Å². The van der Waals surface area contributed by atoms with E-state index < -0.39 is 6.10 Å². The van der Waals surface area contributed by atoms with E-state index in [1.165, 1.54) is 11.1 Å². The van der Waals surface area contributed by atoms with Crippen molar-refractivity contribution in [1.29, 1.82) is 5.26 Å². The molecule has 6 nitrogen and oxygen atoms in total. The highest BCUT2D eigenvalue weighted by molar-refractivity contribution is 5.36. The highest BCUT2D eigenvalue weighted by atomic mass is 16.5. The van der Waals surface area contributed by atoms with Crippen molar-refractivity contribution < 1.29 is 14.6 Å². The van der Waals surface area contributed by atoms with Gasteiger partial charge >= 0.3 is 0 Å². The van der Waals surface area contributed by atoms with E-state index in [9.17, 15) is 5.11 Å². The number of methoxy groups -OCH3 is 1. The lowest BCUT2D eigenvalue weighted by molar-refractivity contribution is 0.0445. The third-order valence-corrected chi connectivity index (χ3v) is 5.41. The number of piperazine rings is 1. The zero-order valence-corrected chi connectivity index (χ0v) is 17.9. The lowest BCUT2D eigenvalue weighted by atomic mass is 10.1. The van der Waals surface area contributed by atoms with E-state index in [1.54, 1.807) is 7.11 Å². The number of aryl methyl sites for hydroxylation is 1. The average Bonchev–Trinajstić information content (AvgIpc) is 2.75. The van der Waals surface area contributed by atoms with Crippen LogP contribution < -0.4 is 9.47 Å². The Morgan fingerprint density at radius 3 is 2.43 bits per heavy atom. The fourth-order valence-corrected chi connectivity index (χ4v) is 3.74. The number of rotatable bonds is 9. The van der Waals surface area contributed by atoms with Crippen LogP contribution >= 0.6 is 0 Å². The summed E-state index contributed by atoms with van der Waals surface area (Å²) >= 11 is 0. The molecule has 0 saturated carbocycles. The fourth-order valence-electron chi connectivity index (χ4n) is 3.74. The van der Waals surface area contributed by atoms with E-state index in [4.69, 9.17) is 14.7 Å². The number of hydrogen-bond donors (Lipinski definition) is 1. The zero-order valence-electron chi connectivity index (χ0n) is 17.9. The van der Waals surface area contributed by atoms with Crippen molar-refractivity contribution in [1.82, 2.24) is 9.80 Å². The van der Waals surface area contributed by atoms with Gasteiger partial charge in [0.25, 0.3) is 0 Å². The van der Waals surface area contributed by atoms with E-state index in [-0.39, 0.29) is 6.61 Å². The zero-order chi connectivity index (χ0) is 21.3. The summed E-state index contributed by atoms with van der Waals surface area (Å²) in [6, 6.07) is 15.9. The van der Waals surface area contributed by atoms with Gasteiger partial charge in [0.15, 0.2) is 0 Å². The molecular formula is C24H31N3O3. The molecule has 2 aromatic rings. The van der Waals surface area contributed by atoms with Crippen LogP contribution in [-0.4, -0.2) is 67.5 Å². The lowest BCUT2D eigenvalue weighted by Gasteiger charge is -2.35. The molecule has 0 aromatic heterocycles. The standard InChI is InChI=1S/C24H31N3O3/c1-19-3-8-24(29-2)21(15-19)16-26-11-13-27(14-12-26)17-22(28)18-30-23-6-4-20(5-7-23)9-10-25/h3-8,15,22,28H,9,11-14,16-18H2,1-2H3/t22-/m0/s1. The molecule has 1 saturated heterocycles. The largest absolute Gasteiger partial charge is 0.496 e. The van der Waals surface area contributed by atoms with Gasteiger partial charge in [-0.1, -0.05) is 29.8 Å². The Morgan fingerprint density at radius 1 is 1.07 bits per heavy atom. The molecule has 1 N–H and O–H groups in total. The van der Waals surface area contributed by atoms with Crippen LogP contribution in [0.5, 0.6) is 11.5 Å². The summed E-state index contributed by atoms with van der Waals surface area (Å²) in [7, 11) is 1.72. The average molecular weight is 410 g/mol. The molecule has 0 radical (unpaired) electrons. The molecule has 1 aliphatic heterocycles. The van der Waals surface area contributed by atoms with E-state index in [0.29, 0.717) is 18.7 Å². The maximum atomic E-state index is 10.4. The van der Waals surface area contributed by atoms with Gasteiger partial charge in [-0.25, -0.2) is 0 Å². The first kappa shape index (κ1) is 22.1. The molecule has 0 aliphatic carbocycles. The molecule has 1 atom stereocenters. The molecule has 1 fully saturated rings. The summed E-state index contributed by atoms with van der Waals surface area (Å²) in [5.74, 6) is 1.66. The minimum absolute atomic E-state index is 0.262. The van der Waals surface area contributed by atoms with Crippen molar-refractivity contribution in [3.63, 3.8) is 0 Å². The predicted molar refractivity (Wildman–Crippen MR) is 117 cm³/mol. The normalized spacial score (nSPS) is 16.1. The first-order chi connectivity index (χ1) is 14.6. The lowest BCUT2D eigenvalue weighted by Crippen LogP contribution is -2.48. The Balaban J connectivity index is 1.40. The first-order valence-corrected chi connectivity index (χ1v) is 10.4. The summed E-state index contributed by atoms with van der Waals surface area (Å²) in [4.78, 5) is 4.72. The van der Waals surface area contributed by atoms with Gasteiger partial charge < -0.3 is 14.6 Å². The van der Waals surface area contributed by atoms with Crippen molar-refractivity contribution in [2.24, 2.45) is 0 Å². The fraction of sp³-hybridized carbons (Fsp3) is 0.458. The quantitative estimate of drug-likeness (QED) is 0.687. The summed E-state index contributed by atoms with van der Waals surface area (Å²) in [6.07, 6.45) is -0.141. The third kappa shape index (κ3) is 6.46. The molecule has 0 unspecified atom stereocenters. The highest BCUT2D eigenvalue weighted by Gasteiger charge is 2.20. The number of nitrogens with zero attached hydrogens (tertiary/aromatic N) is 3. The molecule has 0 amide bonds. The number of nitriles is 1. The SMILES string of the molecule is COc1ccc(C)cc1CN1CCN(C[C@H](O)COc2ccc(CC#N)cc2)CC1. The molecular weight excluding hydrogens is 378 g/mol. The van der Waals surface area contributed by atoms with Crippen LogP contribution in [0.15, 0.2) is 42.5 Å². The van der Waals surface area contributed by atoms with Gasteiger partial charge in [0.05, 0.1) is 19.6 Å².